The first-order chi connectivity index (χ1) is 8.25. The van der Waals surface area contributed by atoms with Gasteiger partial charge in [0.25, 0.3) is 0 Å². The molecule has 2 rings (SSSR count). The number of amides is 2. The van der Waals surface area contributed by atoms with Gasteiger partial charge in [-0.2, -0.15) is 0 Å². The van der Waals surface area contributed by atoms with Gasteiger partial charge in [0.2, 0.25) is 11.8 Å². The Labute approximate surface area is 108 Å². The van der Waals surface area contributed by atoms with Crippen LogP contribution in [0.25, 0.3) is 0 Å². The first-order valence-corrected chi connectivity index (χ1v) is 6.47. The molecule has 2 amide bonds. The number of piperazine rings is 1. The molecule has 0 bridgehead atoms. The highest BCUT2D eigenvalue weighted by Gasteiger charge is 2.50. The lowest BCUT2D eigenvalue weighted by atomic mass is 9.88. The Morgan fingerprint density at radius 1 is 1.33 bits per heavy atom. The minimum Gasteiger partial charge on any atom is -0.381 e. The zero-order chi connectivity index (χ0) is 13.6. The fourth-order valence-corrected chi connectivity index (χ4v) is 2.50. The molecule has 0 radical (unpaired) electrons. The first kappa shape index (κ1) is 13.3. The van der Waals surface area contributed by atoms with Crippen LogP contribution in [0.1, 0.15) is 34.1 Å². The zero-order valence-corrected chi connectivity index (χ0v) is 11.6. The molecule has 2 fully saturated rings. The van der Waals surface area contributed by atoms with Gasteiger partial charge >= 0.3 is 0 Å². The number of hydrogen-bond donors (Lipinski definition) is 1. The van der Waals surface area contributed by atoms with Crippen molar-refractivity contribution in [3.8, 4) is 0 Å². The van der Waals surface area contributed by atoms with Crippen molar-refractivity contribution in [3.05, 3.63) is 0 Å². The molecule has 1 N–H and O–H groups in total. The van der Waals surface area contributed by atoms with Gasteiger partial charge in [0.15, 0.2) is 0 Å². The maximum atomic E-state index is 12.5. The van der Waals surface area contributed by atoms with E-state index in [0.29, 0.717) is 19.1 Å². The molecule has 2 aliphatic heterocycles. The van der Waals surface area contributed by atoms with E-state index in [0.717, 1.165) is 13.0 Å². The topological polar surface area (TPSA) is 58.6 Å². The summed E-state index contributed by atoms with van der Waals surface area (Å²) in [4.78, 5) is 26.3. The number of rotatable bonds is 2. The third kappa shape index (κ3) is 2.11. The highest BCUT2D eigenvalue weighted by atomic mass is 16.5. The summed E-state index contributed by atoms with van der Waals surface area (Å²) in [5.41, 5.74) is -1.60. The standard InChI is InChI=1S/C13H22N2O3/c1-12(2)11(17)15(7-9-5-6-18-8-9)13(3,4)10(16)14-12/h9H,5-8H2,1-4H3,(H,14,16). The van der Waals surface area contributed by atoms with E-state index < -0.39 is 11.1 Å². The van der Waals surface area contributed by atoms with E-state index >= 15 is 0 Å². The Bertz CT molecular complexity index is 370. The third-order valence-electron chi connectivity index (χ3n) is 3.90. The maximum absolute atomic E-state index is 12.5. The maximum Gasteiger partial charge on any atom is 0.248 e. The molecule has 1 unspecified atom stereocenters. The fourth-order valence-electron chi connectivity index (χ4n) is 2.50. The van der Waals surface area contributed by atoms with Crippen molar-refractivity contribution >= 4 is 11.8 Å². The van der Waals surface area contributed by atoms with E-state index in [9.17, 15) is 9.59 Å². The number of carbonyl (C=O) groups excluding carboxylic acids is 2. The van der Waals surface area contributed by atoms with Crippen LogP contribution in [-0.4, -0.2) is 47.6 Å². The molecule has 2 heterocycles. The quantitative estimate of drug-likeness (QED) is 0.782. The van der Waals surface area contributed by atoms with E-state index in [1.807, 2.05) is 0 Å². The Morgan fingerprint density at radius 2 is 2.00 bits per heavy atom. The van der Waals surface area contributed by atoms with Crippen LogP contribution in [0.2, 0.25) is 0 Å². The van der Waals surface area contributed by atoms with E-state index in [2.05, 4.69) is 5.32 Å². The van der Waals surface area contributed by atoms with Gasteiger partial charge in [-0.05, 0) is 34.1 Å². The zero-order valence-electron chi connectivity index (χ0n) is 11.6. The number of carbonyl (C=O) groups is 2. The Hall–Kier alpha value is -1.10. The molecular weight excluding hydrogens is 232 g/mol. The van der Waals surface area contributed by atoms with Gasteiger partial charge in [0.1, 0.15) is 11.1 Å². The summed E-state index contributed by atoms with van der Waals surface area (Å²) >= 11 is 0. The molecule has 102 valence electrons. The first-order valence-electron chi connectivity index (χ1n) is 6.47. The van der Waals surface area contributed by atoms with Crippen molar-refractivity contribution < 1.29 is 14.3 Å². The molecule has 0 saturated carbocycles. The summed E-state index contributed by atoms with van der Waals surface area (Å²) < 4.78 is 5.34. The molecule has 2 saturated heterocycles. The second kappa shape index (κ2) is 4.23. The van der Waals surface area contributed by atoms with Crippen molar-refractivity contribution in [3.63, 3.8) is 0 Å². The Kier molecular flexibility index (Phi) is 3.13. The largest absolute Gasteiger partial charge is 0.381 e. The normalized spacial score (nSPS) is 30.4. The van der Waals surface area contributed by atoms with E-state index in [4.69, 9.17) is 4.74 Å². The number of nitrogens with zero attached hydrogens (tertiary/aromatic N) is 1. The molecule has 1 atom stereocenters. The summed E-state index contributed by atoms with van der Waals surface area (Å²) in [5, 5.41) is 2.79. The van der Waals surface area contributed by atoms with Gasteiger partial charge in [-0.1, -0.05) is 0 Å². The minimum absolute atomic E-state index is 0.0148. The van der Waals surface area contributed by atoms with Crippen molar-refractivity contribution in [2.75, 3.05) is 19.8 Å². The highest BCUT2D eigenvalue weighted by molar-refractivity contribution is 6.01. The second-order valence-electron chi connectivity index (χ2n) is 6.28. The van der Waals surface area contributed by atoms with Gasteiger partial charge in [-0.15, -0.1) is 0 Å². The summed E-state index contributed by atoms with van der Waals surface area (Å²) in [6, 6.07) is 0. The molecule has 5 heteroatoms. The van der Waals surface area contributed by atoms with Crippen LogP contribution >= 0.6 is 0 Å². The average molecular weight is 254 g/mol. The fraction of sp³-hybridized carbons (Fsp3) is 0.846. The summed E-state index contributed by atoms with van der Waals surface area (Å²) in [5.74, 6) is 0.236. The molecule has 0 aromatic heterocycles. The van der Waals surface area contributed by atoms with Gasteiger partial charge in [0, 0.05) is 19.1 Å². The lowest BCUT2D eigenvalue weighted by Crippen LogP contribution is -2.72. The van der Waals surface area contributed by atoms with Gasteiger partial charge in [0.05, 0.1) is 6.61 Å². The second-order valence-corrected chi connectivity index (χ2v) is 6.28. The van der Waals surface area contributed by atoms with Crippen molar-refractivity contribution in [2.24, 2.45) is 5.92 Å². The number of hydrogen-bond acceptors (Lipinski definition) is 3. The van der Waals surface area contributed by atoms with Crippen LogP contribution in [0.15, 0.2) is 0 Å². The number of ether oxygens (including phenoxy) is 1. The van der Waals surface area contributed by atoms with Crippen LogP contribution in [0.4, 0.5) is 0 Å². The molecule has 0 spiro atoms. The third-order valence-corrected chi connectivity index (χ3v) is 3.90. The predicted octanol–water partition coefficient (Wildman–Crippen LogP) is 0.538. The smallest absolute Gasteiger partial charge is 0.248 e. The SMILES string of the molecule is CC1(C)NC(=O)C(C)(C)N(CC2CCOC2)C1=O. The van der Waals surface area contributed by atoms with Crippen molar-refractivity contribution in [1.29, 1.82) is 0 Å². The average Bonchev–Trinajstić information content (AvgIpc) is 2.75. The van der Waals surface area contributed by atoms with Crippen molar-refractivity contribution in [1.82, 2.24) is 10.2 Å². The highest BCUT2D eigenvalue weighted by Crippen LogP contribution is 2.28. The molecule has 2 aliphatic rings. The lowest BCUT2D eigenvalue weighted by Gasteiger charge is -2.48. The molecular formula is C13H22N2O3. The van der Waals surface area contributed by atoms with Gasteiger partial charge < -0.3 is 15.0 Å². The monoisotopic (exact) mass is 254 g/mol. The lowest BCUT2D eigenvalue weighted by molar-refractivity contribution is -0.160. The van der Waals surface area contributed by atoms with Gasteiger partial charge in [-0.25, -0.2) is 0 Å². The molecule has 0 aromatic carbocycles. The Balaban J connectivity index is 2.21. The van der Waals surface area contributed by atoms with Crippen LogP contribution in [0.3, 0.4) is 0 Å². The summed E-state index contributed by atoms with van der Waals surface area (Å²) in [7, 11) is 0. The molecule has 0 aromatic rings. The van der Waals surface area contributed by atoms with E-state index in [1.165, 1.54) is 0 Å². The van der Waals surface area contributed by atoms with E-state index in [-0.39, 0.29) is 11.8 Å². The van der Waals surface area contributed by atoms with Crippen LogP contribution in [0, 0.1) is 5.92 Å². The molecule has 5 nitrogen and oxygen atoms in total. The van der Waals surface area contributed by atoms with Gasteiger partial charge in [-0.3, -0.25) is 9.59 Å². The predicted molar refractivity (Wildman–Crippen MR) is 66.9 cm³/mol. The molecule has 18 heavy (non-hydrogen) atoms. The van der Waals surface area contributed by atoms with Crippen LogP contribution < -0.4 is 5.32 Å². The number of nitrogens with one attached hydrogen (secondary N) is 1. The van der Waals surface area contributed by atoms with Crippen molar-refractivity contribution in [2.45, 2.75) is 45.2 Å². The molecule has 0 aliphatic carbocycles. The van der Waals surface area contributed by atoms with E-state index in [1.54, 1.807) is 32.6 Å². The summed E-state index contributed by atoms with van der Waals surface area (Å²) in [6.07, 6.45) is 0.960. The Morgan fingerprint density at radius 3 is 2.56 bits per heavy atom. The van der Waals surface area contributed by atoms with Crippen LogP contribution in [0.5, 0.6) is 0 Å². The summed E-state index contributed by atoms with van der Waals surface area (Å²) in [6.45, 7) is 9.13. The minimum atomic E-state index is -0.813. The van der Waals surface area contributed by atoms with Crippen LogP contribution in [-0.2, 0) is 14.3 Å².